The topological polar surface area (TPSA) is 38.0 Å². The van der Waals surface area contributed by atoms with E-state index in [2.05, 4.69) is 26.1 Å². The lowest BCUT2D eigenvalue weighted by Crippen LogP contribution is -2.55. The number of anilines is 1. The first-order valence-corrected chi connectivity index (χ1v) is 7.59. The predicted octanol–water partition coefficient (Wildman–Crippen LogP) is 4.43. The van der Waals surface area contributed by atoms with Gasteiger partial charge in [-0.1, -0.05) is 32.4 Å². The summed E-state index contributed by atoms with van der Waals surface area (Å²) in [7, 11) is 0. The molecule has 0 aromatic heterocycles. The number of hydrogen-bond donors (Lipinski definition) is 2. The average Bonchev–Trinajstić information content (AvgIpc) is 2.37. The van der Waals surface area contributed by atoms with Gasteiger partial charge in [-0.25, -0.2) is 4.39 Å². The minimum absolute atomic E-state index is 0.201. The van der Waals surface area contributed by atoms with E-state index in [0.29, 0.717) is 28.6 Å². The second-order valence-electron chi connectivity index (χ2n) is 6.88. The van der Waals surface area contributed by atoms with E-state index in [4.69, 9.17) is 17.3 Å². The molecule has 112 valence electrons. The normalized spacial score (nSPS) is 29.2. The van der Waals surface area contributed by atoms with Crippen molar-refractivity contribution >= 4 is 17.3 Å². The van der Waals surface area contributed by atoms with Crippen molar-refractivity contribution < 1.29 is 4.39 Å². The fraction of sp³-hybridized carbons (Fsp3) is 0.625. The van der Waals surface area contributed by atoms with Crippen molar-refractivity contribution in [3.8, 4) is 0 Å². The largest absolute Gasteiger partial charge is 0.377 e. The molecular weight excluding hydrogens is 275 g/mol. The Morgan fingerprint density at radius 1 is 1.40 bits per heavy atom. The fourth-order valence-electron chi connectivity index (χ4n) is 3.34. The van der Waals surface area contributed by atoms with Gasteiger partial charge in [-0.15, -0.1) is 0 Å². The van der Waals surface area contributed by atoms with Gasteiger partial charge in [0.15, 0.2) is 0 Å². The van der Waals surface area contributed by atoms with E-state index in [1.165, 1.54) is 12.1 Å². The van der Waals surface area contributed by atoms with Crippen LogP contribution >= 0.6 is 11.6 Å². The van der Waals surface area contributed by atoms with Crippen molar-refractivity contribution in [2.75, 3.05) is 11.9 Å². The molecule has 2 unspecified atom stereocenters. The Bertz CT molecular complexity index is 489. The zero-order valence-electron chi connectivity index (χ0n) is 12.5. The summed E-state index contributed by atoms with van der Waals surface area (Å²) in [5, 5.41) is 3.98. The van der Waals surface area contributed by atoms with Crippen molar-refractivity contribution in [2.24, 2.45) is 17.1 Å². The quantitative estimate of drug-likeness (QED) is 0.866. The summed E-state index contributed by atoms with van der Waals surface area (Å²) in [4.78, 5) is 0. The highest BCUT2D eigenvalue weighted by Gasteiger charge is 2.43. The third-order valence-corrected chi connectivity index (χ3v) is 5.06. The van der Waals surface area contributed by atoms with Gasteiger partial charge in [-0.05, 0) is 48.8 Å². The minimum Gasteiger partial charge on any atom is -0.377 e. The van der Waals surface area contributed by atoms with Crippen LogP contribution in [0, 0.1) is 17.2 Å². The van der Waals surface area contributed by atoms with Gasteiger partial charge < -0.3 is 11.1 Å². The maximum Gasteiger partial charge on any atom is 0.125 e. The molecule has 2 nitrogen and oxygen atoms in total. The van der Waals surface area contributed by atoms with E-state index in [1.807, 2.05) is 0 Å². The monoisotopic (exact) mass is 298 g/mol. The molecule has 0 amide bonds. The van der Waals surface area contributed by atoms with Gasteiger partial charge in [0.05, 0.1) is 16.2 Å². The molecule has 0 saturated heterocycles. The molecule has 3 N–H and O–H groups in total. The molecule has 20 heavy (non-hydrogen) atoms. The van der Waals surface area contributed by atoms with Gasteiger partial charge in [0.25, 0.3) is 0 Å². The second-order valence-corrected chi connectivity index (χ2v) is 7.29. The Balaban J connectivity index is 2.26. The molecule has 1 aliphatic carbocycles. The number of hydrogen-bond acceptors (Lipinski definition) is 2. The molecule has 0 radical (unpaired) electrons. The first kappa shape index (κ1) is 15.6. The molecule has 1 aromatic rings. The summed E-state index contributed by atoms with van der Waals surface area (Å²) >= 11 is 6.17. The van der Waals surface area contributed by atoms with Crippen LogP contribution in [-0.2, 0) is 0 Å². The number of rotatable bonds is 3. The zero-order valence-corrected chi connectivity index (χ0v) is 13.2. The van der Waals surface area contributed by atoms with Gasteiger partial charge in [0.2, 0.25) is 0 Å². The summed E-state index contributed by atoms with van der Waals surface area (Å²) in [5.41, 5.74) is 6.83. The van der Waals surface area contributed by atoms with Gasteiger partial charge in [0, 0.05) is 6.54 Å². The molecule has 0 spiro atoms. The van der Waals surface area contributed by atoms with Crippen LogP contribution < -0.4 is 11.1 Å². The van der Waals surface area contributed by atoms with Crippen LogP contribution in [0.25, 0.3) is 0 Å². The summed E-state index contributed by atoms with van der Waals surface area (Å²) in [6.07, 6.45) is 3.18. The molecule has 1 saturated carbocycles. The third-order valence-electron chi connectivity index (χ3n) is 4.73. The summed E-state index contributed by atoms with van der Waals surface area (Å²) in [6, 6.07) is 4.41. The molecule has 0 aliphatic heterocycles. The Hall–Kier alpha value is -0.800. The van der Waals surface area contributed by atoms with Gasteiger partial charge in [-0.3, -0.25) is 0 Å². The van der Waals surface area contributed by atoms with Crippen LogP contribution in [0.3, 0.4) is 0 Å². The van der Waals surface area contributed by atoms with Crippen molar-refractivity contribution in [3.63, 3.8) is 0 Å². The first-order chi connectivity index (χ1) is 9.28. The SMILES string of the molecule is CC1CC(C)(C)CCC1(CN)Nc1cc(F)ccc1Cl. The Labute approximate surface area is 125 Å². The van der Waals surface area contributed by atoms with Crippen LogP contribution in [0.4, 0.5) is 10.1 Å². The van der Waals surface area contributed by atoms with E-state index in [0.717, 1.165) is 19.3 Å². The molecule has 4 heteroatoms. The van der Waals surface area contributed by atoms with Crippen LogP contribution in [0.2, 0.25) is 5.02 Å². The van der Waals surface area contributed by atoms with Crippen LogP contribution in [0.5, 0.6) is 0 Å². The van der Waals surface area contributed by atoms with Gasteiger partial charge >= 0.3 is 0 Å². The molecule has 1 aromatic carbocycles. The minimum atomic E-state index is -0.284. The van der Waals surface area contributed by atoms with Crippen LogP contribution in [-0.4, -0.2) is 12.1 Å². The highest BCUT2D eigenvalue weighted by molar-refractivity contribution is 6.33. The van der Waals surface area contributed by atoms with E-state index in [-0.39, 0.29) is 11.4 Å². The van der Waals surface area contributed by atoms with E-state index >= 15 is 0 Å². The number of halogens is 2. The summed E-state index contributed by atoms with van der Waals surface area (Å²) in [6.45, 7) is 7.32. The van der Waals surface area contributed by atoms with Crippen molar-refractivity contribution in [2.45, 2.75) is 45.6 Å². The molecule has 1 aliphatic rings. The number of nitrogens with two attached hydrogens (primary N) is 1. The maximum absolute atomic E-state index is 13.4. The van der Waals surface area contributed by atoms with Crippen molar-refractivity contribution in [1.82, 2.24) is 0 Å². The van der Waals surface area contributed by atoms with E-state index in [9.17, 15) is 4.39 Å². The van der Waals surface area contributed by atoms with E-state index < -0.39 is 0 Å². The highest BCUT2D eigenvalue weighted by atomic mass is 35.5. The lowest BCUT2D eigenvalue weighted by molar-refractivity contribution is 0.120. The lowest BCUT2D eigenvalue weighted by atomic mass is 9.63. The third kappa shape index (κ3) is 3.09. The summed E-state index contributed by atoms with van der Waals surface area (Å²) in [5.74, 6) is 0.128. The summed E-state index contributed by atoms with van der Waals surface area (Å²) < 4.78 is 13.4. The molecule has 1 fully saturated rings. The van der Waals surface area contributed by atoms with Crippen molar-refractivity contribution in [3.05, 3.63) is 29.0 Å². The van der Waals surface area contributed by atoms with Crippen LogP contribution in [0.15, 0.2) is 18.2 Å². The zero-order chi connectivity index (χ0) is 15.0. The molecular formula is C16H24ClFN2. The fourth-order valence-corrected chi connectivity index (χ4v) is 3.50. The number of nitrogens with one attached hydrogen (secondary N) is 1. The molecule has 0 heterocycles. The standard InChI is InChI=1S/C16H24ClFN2/c1-11-9-15(2,3)6-7-16(11,10-19)20-14-8-12(18)4-5-13(14)17/h4-5,8,11,20H,6-7,9-10,19H2,1-3H3. The molecule has 0 bridgehead atoms. The number of benzene rings is 1. The lowest BCUT2D eigenvalue weighted by Gasteiger charge is -2.49. The second kappa shape index (κ2) is 5.53. The smallest absolute Gasteiger partial charge is 0.125 e. The predicted molar refractivity (Wildman–Crippen MR) is 83.6 cm³/mol. The molecule has 2 rings (SSSR count). The first-order valence-electron chi connectivity index (χ1n) is 7.21. The van der Waals surface area contributed by atoms with E-state index in [1.54, 1.807) is 6.07 Å². The van der Waals surface area contributed by atoms with Crippen LogP contribution in [0.1, 0.15) is 40.0 Å². The van der Waals surface area contributed by atoms with Gasteiger partial charge in [-0.2, -0.15) is 0 Å². The Kier molecular flexibility index (Phi) is 4.31. The average molecular weight is 299 g/mol. The Morgan fingerprint density at radius 2 is 2.10 bits per heavy atom. The van der Waals surface area contributed by atoms with Gasteiger partial charge in [0.1, 0.15) is 5.82 Å². The Morgan fingerprint density at radius 3 is 2.70 bits per heavy atom. The highest BCUT2D eigenvalue weighted by Crippen LogP contribution is 2.45. The maximum atomic E-state index is 13.4. The molecule has 2 atom stereocenters. The van der Waals surface area contributed by atoms with Crippen molar-refractivity contribution in [1.29, 1.82) is 0 Å².